The highest BCUT2D eigenvalue weighted by atomic mass is 31.2. The van der Waals surface area contributed by atoms with Crippen LogP contribution in [0.4, 0.5) is 0 Å². The molecule has 0 saturated heterocycles. The predicted octanol–water partition coefficient (Wildman–Crippen LogP) is 3.55. The van der Waals surface area contributed by atoms with Gasteiger partial charge in [-0.1, -0.05) is 30.3 Å². The zero-order valence-electron chi connectivity index (χ0n) is 18.8. The Morgan fingerprint density at radius 1 is 1.15 bits per heavy atom. The number of aromatic nitrogens is 5. The van der Waals surface area contributed by atoms with Crippen molar-refractivity contribution in [1.29, 1.82) is 5.26 Å². The summed E-state index contributed by atoms with van der Waals surface area (Å²) in [5.74, 6) is 0.557. The molecule has 2 aromatic carbocycles. The Balaban J connectivity index is 1.68. The predicted molar refractivity (Wildman–Crippen MR) is 125 cm³/mol. The van der Waals surface area contributed by atoms with E-state index < -0.39 is 7.60 Å². The van der Waals surface area contributed by atoms with Gasteiger partial charge < -0.3 is 13.6 Å². The van der Waals surface area contributed by atoms with E-state index in [0.717, 1.165) is 11.1 Å². The van der Waals surface area contributed by atoms with Crippen molar-refractivity contribution in [2.45, 2.75) is 25.4 Å². The number of aryl methyl sites for hydroxylation is 2. The van der Waals surface area contributed by atoms with Gasteiger partial charge in [-0.05, 0) is 34.5 Å². The molecule has 10 nitrogen and oxygen atoms in total. The Hall–Kier alpha value is -3.09. The van der Waals surface area contributed by atoms with Crippen LogP contribution in [-0.4, -0.2) is 45.3 Å². The number of hydrogen-bond donors (Lipinski definition) is 1. The number of rotatable bonds is 10. The molecular formula is C22H26N7O3P. The van der Waals surface area contributed by atoms with Crippen molar-refractivity contribution in [2.24, 2.45) is 7.05 Å². The van der Waals surface area contributed by atoms with Crippen molar-refractivity contribution >= 4 is 29.4 Å². The van der Waals surface area contributed by atoms with Crippen LogP contribution in [-0.2, 0) is 33.6 Å². The van der Waals surface area contributed by atoms with Crippen LogP contribution < -0.4 is 5.32 Å². The van der Waals surface area contributed by atoms with E-state index in [1.165, 1.54) is 30.5 Å². The number of hydrogen-bond acceptors (Lipinski definition) is 8. The molecular weight excluding hydrogens is 441 g/mol. The average molecular weight is 467 g/mol. The summed E-state index contributed by atoms with van der Waals surface area (Å²) in [5, 5.41) is 26.6. The maximum Gasteiger partial charge on any atom is 0.343 e. The number of tetrazole rings is 1. The third-order valence-corrected chi connectivity index (χ3v) is 7.50. The summed E-state index contributed by atoms with van der Waals surface area (Å²) < 4.78 is 26.6. The fraction of sp³-hybridized carbons (Fsp3) is 0.364. The summed E-state index contributed by atoms with van der Waals surface area (Å²) >= 11 is 0. The van der Waals surface area contributed by atoms with Gasteiger partial charge in [0, 0.05) is 43.1 Å². The summed E-state index contributed by atoms with van der Waals surface area (Å²) in [5.41, 5.74) is 3.35. The fourth-order valence-electron chi connectivity index (χ4n) is 4.03. The maximum absolute atomic E-state index is 12.6. The molecule has 172 valence electrons. The van der Waals surface area contributed by atoms with Gasteiger partial charge in [-0.25, -0.2) is 4.68 Å². The molecule has 0 aliphatic carbocycles. The van der Waals surface area contributed by atoms with Crippen LogP contribution in [0, 0.1) is 11.3 Å². The lowest BCUT2D eigenvalue weighted by atomic mass is 10.0. The van der Waals surface area contributed by atoms with Crippen LogP contribution in [0.3, 0.4) is 0 Å². The van der Waals surface area contributed by atoms with E-state index in [-0.39, 0.29) is 18.7 Å². The zero-order valence-corrected chi connectivity index (χ0v) is 19.7. The second kappa shape index (κ2) is 9.81. The fourth-order valence-corrected chi connectivity index (χ4v) is 4.88. The molecule has 33 heavy (non-hydrogen) atoms. The van der Waals surface area contributed by atoms with Gasteiger partial charge in [0.25, 0.3) is 0 Å². The molecule has 0 amide bonds. The van der Waals surface area contributed by atoms with Crippen molar-refractivity contribution < 1.29 is 13.6 Å². The van der Waals surface area contributed by atoms with Gasteiger partial charge in [-0.3, -0.25) is 9.88 Å². The van der Waals surface area contributed by atoms with Crippen molar-refractivity contribution in [3.63, 3.8) is 0 Å². The lowest BCUT2D eigenvalue weighted by molar-refractivity contribution is 0.270. The van der Waals surface area contributed by atoms with Gasteiger partial charge in [0.2, 0.25) is 0 Å². The monoisotopic (exact) mass is 467 g/mol. The summed E-state index contributed by atoms with van der Waals surface area (Å²) in [6, 6.07) is 16.4. The molecule has 4 rings (SSSR count). The summed E-state index contributed by atoms with van der Waals surface area (Å²) in [6.07, 6.45) is 0.811. The van der Waals surface area contributed by atoms with Gasteiger partial charge in [0.1, 0.15) is 0 Å². The lowest BCUT2D eigenvalue weighted by Crippen LogP contribution is -2.28. The van der Waals surface area contributed by atoms with Crippen molar-refractivity contribution in [1.82, 2.24) is 30.1 Å². The molecule has 1 N–H and O–H groups in total. The molecule has 0 aliphatic heterocycles. The minimum Gasteiger partial charge on any atom is -0.344 e. The van der Waals surface area contributed by atoms with E-state index >= 15 is 0 Å². The molecule has 0 bridgehead atoms. The SMILES string of the molecule is COP(=O)(CNC(Cc1ccc2c3ccccc3n(C)c2c1)c1nnnn1CCC#N)OC. The molecule has 1 unspecified atom stereocenters. The van der Waals surface area contributed by atoms with Gasteiger partial charge in [-0.2, -0.15) is 5.26 Å². The van der Waals surface area contributed by atoms with Crippen LogP contribution in [0.2, 0.25) is 0 Å². The molecule has 0 saturated carbocycles. The van der Waals surface area contributed by atoms with E-state index in [0.29, 0.717) is 18.8 Å². The first-order valence-electron chi connectivity index (χ1n) is 10.5. The molecule has 1 atom stereocenters. The van der Waals surface area contributed by atoms with Crippen LogP contribution in [0.25, 0.3) is 21.8 Å². The maximum atomic E-state index is 12.6. The summed E-state index contributed by atoms with van der Waals surface area (Å²) in [7, 11) is 1.47. The third kappa shape index (κ3) is 4.68. The first kappa shape index (κ1) is 23.1. The number of nitriles is 1. The molecule has 4 aromatic rings. The largest absolute Gasteiger partial charge is 0.344 e. The Kier molecular flexibility index (Phi) is 6.86. The molecule has 2 aromatic heterocycles. The van der Waals surface area contributed by atoms with Crippen molar-refractivity contribution in [3.05, 3.63) is 53.9 Å². The zero-order chi connectivity index (χ0) is 23.4. The molecule has 0 fully saturated rings. The minimum absolute atomic E-state index is 0.00788. The average Bonchev–Trinajstić information content (AvgIpc) is 3.43. The summed E-state index contributed by atoms with van der Waals surface area (Å²) in [4.78, 5) is 0. The van der Waals surface area contributed by atoms with Crippen molar-refractivity contribution in [3.8, 4) is 6.07 Å². The quantitative estimate of drug-likeness (QED) is 0.352. The second-order valence-electron chi connectivity index (χ2n) is 7.69. The first-order valence-corrected chi connectivity index (χ1v) is 12.3. The summed E-state index contributed by atoms with van der Waals surface area (Å²) in [6.45, 7) is 0.367. The number of fused-ring (bicyclic) bond motifs is 3. The highest BCUT2D eigenvalue weighted by molar-refractivity contribution is 7.53. The lowest BCUT2D eigenvalue weighted by Gasteiger charge is -2.21. The van der Waals surface area contributed by atoms with E-state index in [9.17, 15) is 4.57 Å². The Morgan fingerprint density at radius 2 is 1.91 bits per heavy atom. The topological polar surface area (TPSA) is 120 Å². The number of para-hydroxylation sites is 1. The molecule has 0 spiro atoms. The number of nitrogens with one attached hydrogen (secondary N) is 1. The van der Waals surface area contributed by atoms with E-state index in [4.69, 9.17) is 14.3 Å². The van der Waals surface area contributed by atoms with Gasteiger partial charge in [0.05, 0.1) is 31.4 Å². The number of benzene rings is 2. The van der Waals surface area contributed by atoms with Crippen molar-refractivity contribution in [2.75, 3.05) is 20.5 Å². The van der Waals surface area contributed by atoms with E-state index in [1.54, 1.807) is 4.68 Å². The van der Waals surface area contributed by atoms with Gasteiger partial charge >= 0.3 is 7.60 Å². The third-order valence-electron chi connectivity index (χ3n) is 5.81. The highest BCUT2D eigenvalue weighted by Crippen LogP contribution is 2.45. The van der Waals surface area contributed by atoms with Crippen LogP contribution in [0.5, 0.6) is 0 Å². The minimum atomic E-state index is -3.29. The van der Waals surface area contributed by atoms with Crippen LogP contribution >= 0.6 is 7.60 Å². The molecule has 2 heterocycles. The van der Waals surface area contributed by atoms with Crippen LogP contribution in [0.1, 0.15) is 23.9 Å². The van der Waals surface area contributed by atoms with E-state index in [1.807, 2.05) is 12.1 Å². The van der Waals surface area contributed by atoms with Gasteiger partial charge in [-0.15, -0.1) is 5.10 Å². The standard InChI is InChI=1S/C22H26N7O3P/c1-28-20-8-5-4-7-17(20)18-10-9-16(14-21(18)28)13-19(24-15-33(30,31-2)32-3)22-25-26-27-29(22)12-6-11-23/h4-5,7-10,14,19,24H,6,12-13,15H2,1-3H3. The molecule has 0 aliphatic rings. The Morgan fingerprint density at radius 3 is 2.67 bits per heavy atom. The molecule has 0 radical (unpaired) electrons. The normalized spacial score (nSPS) is 12.9. The second-order valence-corrected chi connectivity index (χ2v) is 9.96. The van der Waals surface area contributed by atoms with E-state index in [2.05, 4.69) is 68.9 Å². The number of nitrogens with zero attached hydrogens (tertiary/aromatic N) is 6. The van der Waals surface area contributed by atoms with Crippen LogP contribution in [0.15, 0.2) is 42.5 Å². The first-order chi connectivity index (χ1) is 16.0. The Bertz CT molecular complexity index is 1350. The Labute approximate surface area is 191 Å². The van der Waals surface area contributed by atoms with Gasteiger partial charge in [0.15, 0.2) is 5.82 Å². The highest BCUT2D eigenvalue weighted by Gasteiger charge is 2.26. The smallest absolute Gasteiger partial charge is 0.343 e. The molecule has 11 heteroatoms.